The molecule has 7 nitrogen and oxygen atoms in total. The van der Waals surface area contributed by atoms with E-state index >= 15 is 0 Å². The number of nitrogens with one attached hydrogen (secondary N) is 1. The van der Waals surface area contributed by atoms with Crippen LogP contribution in [0.2, 0.25) is 0 Å². The van der Waals surface area contributed by atoms with E-state index < -0.39 is 7.60 Å². The first-order valence-electron chi connectivity index (χ1n) is 9.32. The summed E-state index contributed by atoms with van der Waals surface area (Å²) < 4.78 is 28.7. The average Bonchev–Trinajstić information content (AvgIpc) is 2.75. The van der Waals surface area contributed by atoms with Crippen LogP contribution >= 0.6 is 7.60 Å². The highest BCUT2D eigenvalue weighted by atomic mass is 31.2. The number of aromatic nitrogens is 2. The van der Waals surface area contributed by atoms with E-state index in [1.165, 1.54) is 6.33 Å². The molecule has 0 fully saturated rings. The second-order valence-corrected chi connectivity index (χ2v) is 8.37. The van der Waals surface area contributed by atoms with Crippen molar-refractivity contribution >= 4 is 19.1 Å². The van der Waals surface area contributed by atoms with Crippen molar-refractivity contribution in [2.24, 2.45) is 0 Å². The van der Waals surface area contributed by atoms with Gasteiger partial charge in [0.05, 0.1) is 25.6 Å². The number of methoxy groups -OCH3 is 1. The number of rotatable bonds is 9. The van der Waals surface area contributed by atoms with E-state index in [0.29, 0.717) is 24.3 Å². The summed E-state index contributed by atoms with van der Waals surface area (Å²) in [7, 11) is -1.47. The first kappa shape index (κ1) is 20.8. The number of hydrogen-bond donors (Lipinski definition) is 1. The van der Waals surface area contributed by atoms with Crippen molar-refractivity contribution in [3.8, 4) is 22.8 Å². The van der Waals surface area contributed by atoms with E-state index in [1.54, 1.807) is 33.1 Å². The monoisotopic (exact) mass is 413 g/mol. The van der Waals surface area contributed by atoms with Crippen molar-refractivity contribution in [3.05, 3.63) is 60.9 Å². The molecule has 0 saturated carbocycles. The van der Waals surface area contributed by atoms with Crippen molar-refractivity contribution in [2.75, 3.05) is 25.2 Å². The molecule has 0 aliphatic heterocycles. The molecule has 8 heteroatoms. The lowest BCUT2D eigenvalue weighted by Crippen LogP contribution is -2.00. The fourth-order valence-corrected chi connectivity index (χ4v) is 3.92. The zero-order chi connectivity index (χ0) is 20.7. The highest BCUT2D eigenvalue weighted by Crippen LogP contribution is 2.47. The van der Waals surface area contributed by atoms with E-state index in [-0.39, 0.29) is 0 Å². The van der Waals surface area contributed by atoms with Crippen molar-refractivity contribution in [3.63, 3.8) is 0 Å². The van der Waals surface area contributed by atoms with Gasteiger partial charge in [0.15, 0.2) is 0 Å². The van der Waals surface area contributed by atoms with E-state index in [2.05, 4.69) is 15.3 Å². The lowest BCUT2D eigenvalue weighted by atomic mass is 10.1. The first-order valence-corrected chi connectivity index (χ1v) is 11.1. The number of hydrogen-bond acceptors (Lipinski definition) is 7. The molecule has 0 aliphatic carbocycles. The number of para-hydroxylation sites is 1. The van der Waals surface area contributed by atoms with Gasteiger partial charge in [0.2, 0.25) is 0 Å². The molecular formula is C21H24N3O4P. The molecule has 152 valence electrons. The predicted molar refractivity (Wildman–Crippen MR) is 114 cm³/mol. The molecule has 3 rings (SSSR count). The van der Waals surface area contributed by atoms with Crippen molar-refractivity contribution < 1.29 is 18.3 Å². The Labute approximate surface area is 170 Å². The van der Waals surface area contributed by atoms with Crippen LogP contribution in [-0.4, -0.2) is 29.8 Å². The highest BCUT2D eigenvalue weighted by molar-refractivity contribution is 7.54. The van der Waals surface area contributed by atoms with Crippen LogP contribution < -0.4 is 14.6 Å². The Morgan fingerprint density at radius 2 is 1.79 bits per heavy atom. The minimum Gasteiger partial charge on any atom is -0.496 e. The summed E-state index contributed by atoms with van der Waals surface area (Å²) in [6.07, 6.45) is 1.81. The van der Waals surface area contributed by atoms with Crippen LogP contribution in [0.25, 0.3) is 11.3 Å². The topological polar surface area (TPSA) is 82.6 Å². The van der Waals surface area contributed by atoms with Crippen LogP contribution in [-0.2, 0) is 9.09 Å². The maximum atomic E-state index is 12.5. The Hall–Kier alpha value is -2.89. The third kappa shape index (κ3) is 5.34. The first-order chi connectivity index (χ1) is 14.1. The largest absolute Gasteiger partial charge is 0.496 e. The fraction of sp³-hybridized carbons (Fsp3) is 0.238. The van der Waals surface area contributed by atoms with Crippen LogP contribution in [0.4, 0.5) is 11.5 Å². The molecule has 0 saturated heterocycles. The summed E-state index contributed by atoms with van der Waals surface area (Å²) in [5.74, 6) is 1.88. The predicted octanol–water partition coefficient (Wildman–Crippen LogP) is 5.52. The minimum atomic E-state index is -3.11. The third-order valence-electron chi connectivity index (χ3n) is 4.13. The second kappa shape index (κ2) is 9.54. The zero-order valence-corrected chi connectivity index (χ0v) is 17.6. The standard InChI is InChI=1S/C21H24N3O4P/c1-4-27-29(25,5-2)28-17-12-10-16(11-13-17)24-21-14-19(22-15-23-21)18-8-6-7-9-20(18)26-3/h6-15H,4-5H2,1-3H3,(H,22,23,24). The molecule has 29 heavy (non-hydrogen) atoms. The Morgan fingerprint density at radius 3 is 2.48 bits per heavy atom. The summed E-state index contributed by atoms with van der Waals surface area (Å²) >= 11 is 0. The van der Waals surface area contributed by atoms with Gasteiger partial charge in [-0.2, -0.15) is 0 Å². The molecule has 2 aromatic carbocycles. The van der Waals surface area contributed by atoms with Gasteiger partial charge in [0.25, 0.3) is 0 Å². The van der Waals surface area contributed by atoms with Crippen LogP contribution in [0.1, 0.15) is 13.8 Å². The second-order valence-electron chi connectivity index (χ2n) is 6.07. The molecule has 1 heterocycles. The molecule has 0 amide bonds. The summed E-state index contributed by atoms with van der Waals surface area (Å²) in [6, 6.07) is 16.7. The van der Waals surface area contributed by atoms with Gasteiger partial charge >= 0.3 is 7.60 Å². The van der Waals surface area contributed by atoms with E-state index in [4.69, 9.17) is 13.8 Å². The van der Waals surface area contributed by atoms with E-state index in [0.717, 1.165) is 22.7 Å². The van der Waals surface area contributed by atoms with Gasteiger partial charge in [-0.15, -0.1) is 0 Å². The SMILES string of the molecule is CCOP(=O)(CC)Oc1ccc(Nc2cc(-c3ccccc3OC)ncn2)cc1. The minimum absolute atomic E-state index is 0.313. The molecule has 0 radical (unpaired) electrons. The molecule has 0 aliphatic rings. The summed E-state index contributed by atoms with van der Waals surface area (Å²) in [6.45, 7) is 3.91. The summed E-state index contributed by atoms with van der Waals surface area (Å²) in [4.78, 5) is 8.62. The third-order valence-corrected chi connectivity index (χ3v) is 6.05. The van der Waals surface area contributed by atoms with E-state index in [1.807, 2.05) is 42.5 Å². The lowest BCUT2D eigenvalue weighted by molar-refractivity contribution is 0.280. The smallest absolute Gasteiger partial charge is 0.378 e. The molecule has 1 N–H and O–H groups in total. The molecule has 0 spiro atoms. The average molecular weight is 413 g/mol. The van der Waals surface area contributed by atoms with Crippen LogP contribution in [0, 0.1) is 0 Å². The van der Waals surface area contributed by atoms with Gasteiger partial charge in [-0.25, -0.2) is 14.5 Å². The maximum Gasteiger partial charge on any atom is 0.378 e. The quantitative estimate of drug-likeness (QED) is 0.462. The molecule has 1 unspecified atom stereocenters. The zero-order valence-electron chi connectivity index (χ0n) is 16.7. The Bertz CT molecular complexity index is 995. The lowest BCUT2D eigenvalue weighted by Gasteiger charge is -2.17. The van der Waals surface area contributed by atoms with Gasteiger partial charge in [0.1, 0.15) is 23.6 Å². The van der Waals surface area contributed by atoms with Gasteiger partial charge in [-0.1, -0.05) is 19.1 Å². The van der Waals surface area contributed by atoms with Crippen LogP contribution in [0.3, 0.4) is 0 Å². The number of benzene rings is 2. The molecule has 1 atom stereocenters. The van der Waals surface area contributed by atoms with Gasteiger partial charge in [-0.3, -0.25) is 0 Å². The molecule has 0 bridgehead atoms. The van der Waals surface area contributed by atoms with Crippen molar-refractivity contribution in [1.29, 1.82) is 0 Å². The fourth-order valence-electron chi connectivity index (χ4n) is 2.72. The van der Waals surface area contributed by atoms with Gasteiger partial charge < -0.3 is 19.1 Å². The highest BCUT2D eigenvalue weighted by Gasteiger charge is 2.22. The van der Waals surface area contributed by atoms with Crippen molar-refractivity contribution in [2.45, 2.75) is 13.8 Å². The van der Waals surface area contributed by atoms with E-state index in [9.17, 15) is 4.57 Å². The molecule has 3 aromatic rings. The number of ether oxygens (including phenoxy) is 1. The molecular weight excluding hydrogens is 389 g/mol. The maximum absolute atomic E-state index is 12.5. The normalized spacial score (nSPS) is 12.8. The van der Waals surface area contributed by atoms with Crippen LogP contribution in [0.15, 0.2) is 60.9 Å². The van der Waals surface area contributed by atoms with Crippen molar-refractivity contribution in [1.82, 2.24) is 9.97 Å². The Morgan fingerprint density at radius 1 is 1.03 bits per heavy atom. The summed E-state index contributed by atoms with van der Waals surface area (Å²) in [5.41, 5.74) is 2.45. The van der Waals surface area contributed by atoms with Crippen LogP contribution in [0.5, 0.6) is 11.5 Å². The summed E-state index contributed by atoms with van der Waals surface area (Å²) in [5, 5.41) is 3.23. The Balaban J connectivity index is 1.75. The number of nitrogens with zero attached hydrogens (tertiary/aromatic N) is 2. The van der Waals surface area contributed by atoms with Gasteiger partial charge in [-0.05, 0) is 43.3 Å². The molecule has 1 aromatic heterocycles. The van der Waals surface area contributed by atoms with Gasteiger partial charge in [0, 0.05) is 17.3 Å². The number of anilines is 2. The Kier molecular flexibility index (Phi) is 6.86.